The van der Waals surface area contributed by atoms with Crippen LogP contribution in [0.1, 0.15) is 51.9 Å². The molecule has 0 bridgehead atoms. The summed E-state index contributed by atoms with van der Waals surface area (Å²) in [6.07, 6.45) is 8.92. The Balaban J connectivity index is 1.79. The quantitative estimate of drug-likeness (QED) is 0.637. The molecule has 2 saturated carbocycles. The maximum atomic E-state index is 6.42. The van der Waals surface area contributed by atoms with Crippen LogP contribution < -0.4 is 0 Å². The lowest BCUT2D eigenvalue weighted by Gasteiger charge is -2.34. The van der Waals surface area contributed by atoms with Crippen LogP contribution in [-0.4, -0.2) is 21.3 Å². The van der Waals surface area contributed by atoms with Crippen molar-refractivity contribution < 1.29 is 0 Å². The summed E-state index contributed by atoms with van der Waals surface area (Å²) in [6.45, 7) is 2.38. The minimum Gasteiger partial charge on any atom is -0.154 e. The molecule has 2 rings (SSSR count). The summed E-state index contributed by atoms with van der Waals surface area (Å²) < 4.78 is 0. The van der Waals surface area contributed by atoms with E-state index in [0.29, 0.717) is 16.0 Å². The number of hydrogen-bond acceptors (Lipinski definition) is 1. The average Bonchev–Trinajstić information content (AvgIpc) is 2.27. The zero-order valence-electron chi connectivity index (χ0n) is 10.0. The first-order chi connectivity index (χ1) is 7.65. The van der Waals surface area contributed by atoms with Gasteiger partial charge in [-0.25, -0.2) is 0 Å². The molecule has 0 spiro atoms. The van der Waals surface area contributed by atoms with E-state index in [9.17, 15) is 0 Å². The van der Waals surface area contributed by atoms with Crippen LogP contribution in [0, 0.1) is 5.92 Å². The maximum absolute atomic E-state index is 6.42. The molecule has 94 valence electrons. The highest BCUT2D eigenvalue weighted by molar-refractivity contribution is 8.00. The van der Waals surface area contributed by atoms with Gasteiger partial charge in [0.2, 0.25) is 0 Å². The smallest absolute Gasteiger partial charge is 0.0455 e. The third-order valence-corrected chi connectivity index (χ3v) is 6.77. The van der Waals surface area contributed by atoms with Gasteiger partial charge in [0.1, 0.15) is 0 Å². The Labute approximate surface area is 114 Å². The fourth-order valence-corrected chi connectivity index (χ4v) is 5.32. The van der Waals surface area contributed by atoms with Gasteiger partial charge in [0.15, 0.2) is 0 Å². The van der Waals surface area contributed by atoms with Crippen molar-refractivity contribution in [1.29, 1.82) is 0 Å². The van der Waals surface area contributed by atoms with Gasteiger partial charge in [-0.15, -0.1) is 23.2 Å². The molecule has 0 aromatic heterocycles. The van der Waals surface area contributed by atoms with Crippen LogP contribution in [0.3, 0.4) is 0 Å². The fourth-order valence-electron chi connectivity index (χ4n) is 2.80. The highest BCUT2D eigenvalue weighted by Gasteiger charge is 2.31. The van der Waals surface area contributed by atoms with Crippen LogP contribution in [0.2, 0.25) is 0 Å². The summed E-state index contributed by atoms with van der Waals surface area (Å²) in [5.74, 6) is 0.941. The van der Waals surface area contributed by atoms with E-state index in [4.69, 9.17) is 23.2 Å². The molecule has 0 N–H and O–H groups in total. The molecular weight excluding hydrogens is 259 g/mol. The summed E-state index contributed by atoms with van der Waals surface area (Å²) in [6, 6.07) is 0. The zero-order chi connectivity index (χ0) is 11.5. The third kappa shape index (κ3) is 3.71. The topological polar surface area (TPSA) is 0 Å². The Bertz CT molecular complexity index is 214. The zero-order valence-corrected chi connectivity index (χ0v) is 12.3. The lowest BCUT2D eigenvalue weighted by molar-refractivity contribution is 0.391. The maximum Gasteiger partial charge on any atom is 0.0455 e. The first kappa shape index (κ1) is 13.4. The molecule has 2 aliphatic rings. The molecule has 0 aromatic rings. The minimum absolute atomic E-state index is 0.361. The first-order valence-corrected chi connectivity index (χ1v) is 8.40. The van der Waals surface area contributed by atoms with Gasteiger partial charge < -0.3 is 0 Å². The van der Waals surface area contributed by atoms with Gasteiger partial charge in [-0.3, -0.25) is 0 Å². The standard InChI is InChI=1S/C13H22Cl2S/c1-9-2-5-11(6-3-9)16-13-8-10(14)4-7-12(13)15/h9-13H,2-8H2,1H3. The Morgan fingerprint density at radius 3 is 2.31 bits per heavy atom. The molecule has 0 aromatic carbocycles. The van der Waals surface area contributed by atoms with E-state index >= 15 is 0 Å². The van der Waals surface area contributed by atoms with Crippen molar-refractivity contribution in [2.45, 2.75) is 73.1 Å². The van der Waals surface area contributed by atoms with Crippen LogP contribution in [0.4, 0.5) is 0 Å². The van der Waals surface area contributed by atoms with Gasteiger partial charge in [0.25, 0.3) is 0 Å². The van der Waals surface area contributed by atoms with E-state index < -0.39 is 0 Å². The molecule has 0 amide bonds. The van der Waals surface area contributed by atoms with Crippen molar-refractivity contribution in [2.24, 2.45) is 5.92 Å². The third-order valence-electron chi connectivity index (χ3n) is 3.98. The highest BCUT2D eigenvalue weighted by atomic mass is 35.5. The number of hydrogen-bond donors (Lipinski definition) is 0. The average molecular weight is 281 g/mol. The highest BCUT2D eigenvalue weighted by Crippen LogP contribution is 2.41. The summed E-state index contributed by atoms with van der Waals surface area (Å²) in [7, 11) is 0. The van der Waals surface area contributed by atoms with Gasteiger partial charge in [0, 0.05) is 21.3 Å². The molecule has 3 unspecified atom stereocenters. The molecule has 2 aliphatic carbocycles. The normalized spacial score (nSPS) is 45.6. The predicted octanol–water partition coefficient (Wildman–Crippen LogP) is 5.07. The molecule has 0 aliphatic heterocycles. The number of thioether (sulfide) groups is 1. The molecular formula is C13H22Cl2S. The monoisotopic (exact) mass is 280 g/mol. The summed E-state index contributed by atoms with van der Waals surface area (Å²) in [4.78, 5) is 0. The van der Waals surface area contributed by atoms with Crippen LogP contribution in [0.5, 0.6) is 0 Å². The van der Waals surface area contributed by atoms with Gasteiger partial charge >= 0.3 is 0 Å². The number of halogens is 2. The van der Waals surface area contributed by atoms with Gasteiger partial charge in [-0.05, 0) is 50.9 Å². The SMILES string of the molecule is CC1CCC(SC2CC(Cl)CCC2Cl)CC1. The van der Waals surface area contributed by atoms with E-state index in [2.05, 4.69) is 18.7 Å². The Kier molecular flexibility index (Phi) is 5.18. The molecule has 0 heterocycles. The van der Waals surface area contributed by atoms with Crippen molar-refractivity contribution in [3.63, 3.8) is 0 Å². The summed E-state index contributed by atoms with van der Waals surface area (Å²) in [5, 5.41) is 2.19. The van der Waals surface area contributed by atoms with Crippen LogP contribution in [0.15, 0.2) is 0 Å². The second kappa shape index (κ2) is 6.20. The Morgan fingerprint density at radius 1 is 0.938 bits per heavy atom. The van der Waals surface area contributed by atoms with Crippen molar-refractivity contribution in [3.05, 3.63) is 0 Å². The van der Waals surface area contributed by atoms with Crippen molar-refractivity contribution in [2.75, 3.05) is 0 Å². The summed E-state index contributed by atoms with van der Waals surface area (Å²) in [5.41, 5.74) is 0. The van der Waals surface area contributed by atoms with Crippen LogP contribution in [0.25, 0.3) is 0 Å². The van der Waals surface area contributed by atoms with Gasteiger partial charge in [0.05, 0.1) is 0 Å². The van der Waals surface area contributed by atoms with E-state index in [1.807, 2.05) is 0 Å². The fraction of sp³-hybridized carbons (Fsp3) is 1.00. The lowest BCUT2D eigenvalue weighted by atomic mass is 9.91. The van der Waals surface area contributed by atoms with Crippen molar-refractivity contribution in [3.8, 4) is 0 Å². The Hall–Kier alpha value is 0.930. The molecule has 0 saturated heterocycles. The molecule has 3 heteroatoms. The van der Waals surface area contributed by atoms with Crippen LogP contribution in [-0.2, 0) is 0 Å². The predicted molar refractivity (Wildman–Crippen MR) is 75.9 cm³/mol. The summed E-state index contributed by atoms with van der Waals surface area (Å²) >= 11 is 14.8. The number of rotatable bonds is 2. The molecule has 3 atom stereocenters. The van der Waals surface area contributed by atoms with Crippen molar-refractivity contribution in [1.82, 2.24) is 0 Å². The first-order valence-electron chi connectivity index (χ1n) is 6.58. The van der Waals surface area contributed by atoms with Crippen molar-refractivity contribution >= 4 is 35.0 Å². The lowest BCUT2D eigenvalue weighted by Crippen LogP contribution is -2.30. The van der Waals surface area contributed by atoms with E-state index in [0.717, 1.165) is 30.4 Å². The van der Waals surface area contributed by atoms with E-state index in [1.54, 1.807) is 0 Å². The molecule has 2 fully saturated rings. The second-order valence-corrected chi connectivity index (χ2v) is 8.20. The van der Waals surface area contributed by atoms with E-state index in [-0.39, 0.29) is 0 Å². The second-order valence-electron chi connectivity index (χ2n) is 5.48. The minimum atomic E-state index is 0.361. The van der Waals surface area contributed by atoms with E-state index in [1.165, 1.54) is 25.7 Å². The molecule has 16 heavy (non-hydrogen) atoms. The van der Waals surface area contributed by atoms with Crippen LogP contribution >= 0.6 is 35.0 Å². The number of alkyl halides is 2. The largest absolute Gasteiger partial charge is 0.154 e. The Morgan fingerprint density at radius 2 is 1.62 bits per heavy atom. The van der Waals surface area contributed by atoms with Gasteiger partial charge in [-0.2, -0.15) is 11.8 Å². The molecule has 0 nitrogen and oxygen atoms in total. The molecule has 0 radical (unpaired) electrons. The van der Waals surface area contributed by atoms with Gasteiger partial charge in [-0.1, -0.05) is 6.92 Å².